The zero-order valence-corrected chi connectivity index (χ0v) is 19.0. The van der Waals surface area contributed by atoms with Crippen LogP contribution in [0.4, 0.5) is 0 Å². The molecule has 0 radical (unpaired) electrons. The Bertz CT molecular complexity index is 662. The summed E-state index contributed by atoms with van der Waals surface area (Å²) in [6.45, 7) is 7.71. The second-order valence-corrected chi connectivity index (χ2v) is 7.32. The fraction of sp³-hybridized carbons (Fsp3) is 0.684. The Morgan fingerprint density at radius 2 is 2.07 bits per heavy atom. The average molecular weight is 502 g/mol. The van der Waals surface area contributed by atoms with Crippen molar-refractivity contribution in [3.05, 3.63) is 18.7 Å². The Kier molecular flexibility index (Phi) is 8.71. The topological polar surface area (TPSA) is 82.8 Å². The summed E-state index contributed by atoms with van der Waals surface area (Å²) in [5, 5.41) is 3.36. The third-order valence-corrected chi connectivity index (χ3v) is 5.43. The van der Waals surface area contributed by atoms with Crippen LogP contribution in [0.5, 0.6) is 0 Å². The summed E-state index contributed by atoms with van der Waals surface area (Å²) in [6.07, 6.45) is 8.39. The molecule has 2 aliphatic rings. The van der Waals surface area contributed by atoms with Crippen LogP contribution in [0.25, 0.3) is 0 Å². The Labute approximate surface area is 183 Å². The van der Waals surface area contributed by atoms with Crippen molar-refractivity contribution in [1.82, 2.24) is 24.7 Å². The van der Waals surface area contributed by atoms with Gasteiger partial charge in [0.25, 0.3) is 0 Å². The van der Waals surface area contributed by atoms with Gasteiger partial charge in [0.15, 0.2) is 5.96 Å². The van der Waals surface area contributed by atoms with Crippen LogP contribution in [0, 0.1) is 5.92 Å². The number of amides is 2. The highest BCUT2D eigenvalue weighted by molar-refractivity contribution is 14.0. The quantitative estimate of drug-likeness (QED) is 0.288. The Balaban J connectivity index is 0.00000280. The van der Waals surface area contributed by atoms with E-state index in [2.05, 4.69) is 26.7 Å². The number of aliphatic imine (C=N–C) groups is 1. The maximum absolute atomic E-state index is 11.9. The molecular formula is C19H31IN6O2. The van der Waals surface area contributed by atoms with Gasteiger partial charge in [-0.3, -0.25) is 19.5 Å². The Morgan fingerprint density at radius 3 is 2.71 bits per heavy atom. The van der Waals surface area contributed by atoms with Crippen LogP contribution in [0.1, 0.15) is 45.6 Å². The number of piperidine rings is 2. The molecule has 3 heterocycles. The second-order valence-electron chi connectivity index (χ2n) is 7.32. The lowest BCUT2D eigenvalue weighted by Gasteiger charge is -2.39. The van der Waals surface area contributed by atoms with Crippen molar-refractivity contribution in [3.8, 4) is 0 Å². The highest BCUT2D eigenvalue weighted by atomic mass is 127. The second kappa shape index (κ2) is 10.8. The monoisotopic (exact) mass is 502 g/mol. The SMILES string of the molecule is CCNC(=NCCN1C(=O)CCCC1=O)N1CCC(C)C(n2ccnc2)C1.I. The van der Waals surface area contributed by atoms with Gasteiger partial charge in [0.1, 0.15) is 0 Å². The minimum Gasteiger partial charge on any atom is -0.357 e. The van der Waals surface area contributed by atoms with E-state index in [1.165, 1.54) is 4.90 Å². The van der Waals surface area contributed by atoms with Gasteiger partial charge in [0, 0.05) is 51.4 Å². The van der Waals surface area contributed by atoms with E-state index in [0.29, 0.717) is 44.3 Å². The molecule has 2 aliphatic heterocycles. The number of likely N-dealkylation sites (tertiary alicyclic amines) is 2. The van der Waals surface area contributed by atoms with Crippen molar-refractivity contribution in [2.75, 3.05) is 32.7 Å². The summed E-state index contributed by atoms with van der Waals surface area (Å²) in [5.41, 5.74) is 0. The summed E-state index contributed by atoms with van der Waals surface area (Å²) in [4.78, 5) is 36.4. The largest absolute Gasteiger partial charge is 0.357 e. The molecular weight excluding hydrogens is 471 g/mol. The summed E-state index contributed by atoms with van der Waals surface area (Å²) in [5.74, 6) is 1.28. The predicted octanol–water partition coefficient (Wildman–Crippen LogP) is 1.89. The van der Waals surface area contributed by atoms with Gasteiger partial charge >= 0.3 is 0 Å². The zero-order valence-electron chi connectivity index (χ0n) is 16.7. The Morgan fingerprint density at radius 1 is 1.32 bits per heavy atom. The standard InChI is InChI=1S/C19H30N6O2.HI/c1-3-21-19(22-9-12-25-17(26)5-4-6-18(25)27)23-10-7-15(2)16(13-23)24-11-8-20-14-24;/h8,11,14-16H,3-7,9-10,12-13H2,1-2H3,(H,21,22);1H. The first kappa shape index (κ1) is 22.6. The number of carbonyl (C=O) groups is 2. The molecule has 1 N–H and O–H groups in total. The number of hydrogen-bond donors (Lipinski definition) is 1. The third-order valence-electron chi connectivity index (χ3n) is 5.43. The first-order valence-electron chi connectivity index (χ1n) is 9.94. The number of aromatic nitrogens is 2. The fourth-order valence-electron chi connectivity index (χ4n) is 3.83. The van der Waals surface area contributed by atoms with E-state index >= 15 is 0 Å². The molecule has 1 aromatic rings. The third kappa shape index (κ3) is 5.45. The molecule has 3 rings (SSSR count). The average Bonchev–Trinajstić information content (AvgIpc) is 3.18. The van der Waals surface area contributed by atoms with Crippen molar-refractivity contribution in [3.63, 3.8) is 0 Å². The molecule has 2 amide bonds. The maximum Gasteiger partial charge on any atom is 0.229 e. The van der Waals surface area contributed by atoms with E-state index in [-0.39, 0.29) is 35.8 Å². The van der Waals surface area contributed by atoms with E-state index in [0.717, 1.165) is 32.0 Å². The van der Waals surface area contributed by atoms with Gasteiger partial charge in [0.05, 0.1) is 18.9 Å². The van der Waals surface area contributed by atoms with Gasteiger partial charge in [-0.2, -0.15) is 0 Å². The highest BCUT2D eigenvalue weighted by Crippen LogP contribution is 2.27. The first-order chi connectivity index (χ1) is 13.1. The van der Waals surface area contributed by atoms with Crippen LogP contribution < -0.4 is 5.32 Å². The number of carbonyl (C=O) groups excluding carboxylic acids is 2. The molecule has 0 aliphatic carbocycles. The molecule has 1 aromatic heterocycles. The van der Waals surface area contributed by atoms with Crippen LogP contribution in [-0.2, 0) is 9.59 Å². The van der Waals surface area contributed by atoms with Crippen LogP contribution >= 0.6 is 24.0 Å². The smallest absolute Gasteiger partial charge is 0.229 e. The van der Waals surface area contributed by atoms with Gasteiger partial charge < -0.3 is 14.8 Å². The van der Waals surface area contributed by atoms with Gasteiger partial charge in [0.2, 0.25) is 11.8 Å². The fourth-order valence-corrected chi connectivity index (χ4v) is 3.83. The van der Waals surface area contributed by atoms with Gasteiger partial charge in [-0.25, -0.2) is 4.98 Å². The number of halogens is 1. The molecule has 8 nitrogen and oxygen atoms in total. The van der Waals surface area contributed by atoms with E-state index in [4.69, 9.17) is 4.99 Å². The number of rotatable bonds is 5. The number of imide groups is 1. The molecule has 2 unspecified atom stereocenters. The number of imidazole rings is 1. The molecule has 156 valence electrons. The molecule has 2 fully saturated rings. The number of hydrogen-bond acceptors (Lipinski definition) is 4. The number of guanidine groups is 1. The van der Waals surface area contributed by atoms with Crippen molar-refractivity contribution < 1.29 is 9.59 Å². The minimum absolute atomic E-state index is 0. The van der Waals surface area contributed by atoms with Gasteiger partial charge in [-0.05, 0) is 25.7 Å². The highest BCUT2D eigenvalue weighted by Gasteiger charge is 2.29. The molecule has 0 aromatic carbocycles. The molecule has 0 bridgehead atoms. The van der Waals surface area contributed by atoms with Crippen LogP contribution in [0.3, 0.4) is 0 Å². The van der Waals surface area contributed by atoms with E-state index < -0.39 is 0 Å². The van der Waals surface area contributed by atoms with Crippen molar-refractivity contribution in [2.24, 2.45) is 10.9 Å². The van der Waals surface area contributed by atoms with Gasteiger partial charge in [-0.15, -0.1) is 24.0 Å². The molecule has 2 atom stereocenters. The van der Waals surface area contributed by atoms with E-state index in [1.807, 2.05) is 25.6 Å². The zero-order chi connectivity index (χ0) is 19.2. The van der Waals surface area contributed by atoms with E-state index in [1.54, 1.807) is 0 Å². The predicted molar refractivity (Wildman–Crippen MR) is 119 cm³/mol. The van der Waals surface area contributed by atoms with Gasteiger partial charge in [-0.1, -0.05) is 6.92 Å². The molecule has 28 heavy (non-hydrogen) atoms. The lowest BCUT2D eigenvalue weighted by molar-refractivity contribution is -0.147. The maximum atomic E-state index is 11.9. The molecule has 0 spiro atoms. The number of nitrogens with one attached hydrogen (secondary N) is 1. The lowest BCUT2D eigenvalue weighted by atomic mass is 9.93. The Hall–Kier alpha value is -1.65. The normalized spacial score (nSPS) is 23.6. The van der Waals surface area contributed by atoms with Crippen LogP contribution in [0.2, 0.25) is 0 Å². The van der Waals surface area contributed by atoms with Crippen LogP contribution in [-0.4, -0.2) is 69.8 Å². The number of nitrogens with zero attached hydrogens (tertiary/aromatic N) is 5. The molecule has 2 saturated heterocycles. The lowest BCUT2D eigenvalue weighted by Crippen LogP contribution is -2.49. The summed E-state index contributed by atoms with van der Waals surface area (Å²) >= 11 is 0. The summed E-state index contributed by atoms with van der Waals surface area (Å²) < 4.78 is 2.17. The minimum atomic E-state index is -0.0709. The first-order valence-corrected chi connectivity index (χ1v) is 9.94. The summed E-state index contributed by atoms with van der Waals surface area (Å²) in [7, 11) is 0. The molecule has 0 saturated carbocycles. The van der Waals surface area contributed by atoms with Crippen molar-refractivity contribution in [1.29, 1.82) is 0 Å². The van der Waals surface area contributed by atoms with Crippen molar-refractivity contribution >= 4 is 41.8 Å². The van der Waals surface area contributed by atoms with Crippen LogP contribution in [0.15, 0.2) is 23.7 Å². The van der Waals surface area contributed by atoms with Crippen molar-refractivity contribution in [2.45, 2.75) is 45.6 Å². The molecule has 9 heteroatoms. The van der Waals surface area contributed by atoms with E-state index in [9.17, 15) is 9.59 Å². The summed E-state index contributed by atoms with van der Waals surface area (Å²) in [6, 6.07) is 0.357.